The number of hydrogen-bond acceptors (Lipinski definition) is 13. The van der Waals surface area contributed by atoms with Crippen LogP contribution in [0.1, 0.15) is 12.8 Å². The quantitative estimate of drug-likeness (QED) is 0.0717. The lowest BCUT2D eigenvalue weighted by atomic mass is 9.96. The second kappa shape index (κ2) is 12.8. The van der Waals surface area contributed by atoms with Crippen molar-refractivity contribution >= 4 is 11.9 Å². The molecule has 11 atom stereocenters. The number of nitrogens with two attached hydrogens (primary N) is 1. The average molecular weight is 498 g/mol. The Morgan fingerprint density at radius 1 is 0.971 bits per heavy atom. The Morgan fingerprint density at radius 3 is 2.18 bits per heavy atom. The lowest BCUT2D eigenvalue weighted by Crippen LogP contribution is -2.67. The molecule has 0 radical (unpaired) electrons. The van der Waals surface area contributed by atoms with E-state index in [2.05, 4.69) is 10.6 Å². The van der Waals surface area contributed by atoms with Gasteiger partial charge in [-0.15, -0.1) is 0 Å². The van der Waals surface area contributed by atoms with Crippen LogP contribution in [0.4, 0.5) is 0 Å². The van der Waals surface area contributed by atoms with Crippen molar-refractivity contribution < 1.29 is 59.9 Å². The predicted molar refractivity (Wildman–Crippen MR) is 110 cm³/mol. The van der Waals surface area contributed by atoms with Gasteiger partial charge in [0.2, 0.25) is 0 Å². The van der Waals surface area contributed by atoms with Gasteiger partial charge >= 0.3 is 5.97 Å². The molecular weight excluding hydrogens is 464 g/mol. The normalized spacial score (nSPS) is 39.4. The summed E-state index contributed by atoms with van der Waals surface area (Å²) >= 11 is 0. The van der Waals surface area contributed by atoms with Crippen molar-refractivity contribution in [3.8, 4) is 0 Å². The Labute approximate surface area is 194 Å². The van der Waals surface area contributed by atoms with E-state index in [1.807, 2.05) is 0 Å². The zero-order valence-corrected chi connectivity index (χ0v) is 18.2. The minimum Gasteiger partial charge on any atom is -0.480 e. The number of ether oxygens (including phenoxy) is 3. The van der Waals surface area contributed by atoms with E-state index in [-0.39, 0.29) is 18.9 Å². The maximum atomic E-state index is 11.6. The molecule has 0 aliphatic carbocycles. The third-order valence-corrected chi connectivity index (χ3v) is 5.65. The third-order valence-electron chi connectivity index (χ3n) is 5.65. The lowest BCUT2D eigenvalue weighted by molar-refractivity contribution is -0.343. The number of aliphatic hydroxyl groups is 7. The van der Waals surface area contributed by atoms with Crippen LogP contribution in [0.15, 0.2) is 0 Å². The van der Waals surface area contributed by atoms with Crippen molar-refractivity contribution in [2.24, 2.45) is 5.73 Å². The molecule has 16 heteroatoms. The minimum absolute atomic E-state index is 0.0485. The number of rotatable bonds is 11. The molecule has 16 nitrogen and oxygen atoms in total. The Hall–Kier alpha value is -1.70. The molecule has 2 aliphatic heterocycles. The van der Waals surface area contributed by atoms with Crippen LogP contribution in [-0.4, -0.2) is 140 Å². The van der Waals surface area contributed by atoms with Crippen molar-refractivity contribution in [2.75, 3.05) is 19.8 Å². The highest BCUT2D eigenvalue weighted by Gasteiger charge is 2.50. The number of aliphatic hydroxyl groups excluding tert-OH is 7. The molecule has 34 heavy (non-hydrogen) atoms. The maximum absolute atomic E-state index is 11.6. The number of guanidine groups is 1. The van der Waals surface area contributed by atoms with Gasteiger partial charge in [0.25, 0.3) is 0 Å². The van der Waals surface area contributed by atoms with Gasteiger partial charge in [0, 0.05) is 6.54 Å². The van der Waals surface area contributed by atoms with E-state index in [1.54, 1.807) is 0 Å². The van der Waals surface area contributed by atoms with Gasteiger partial charge < -0.3 is 66.1 Å². The van der Waals surface area contributed by atoms with Crippen LogP contribution in [0.2, 0.25) is 0 Å². The fourth-order valence-electron chi connectivity index (χ4n) is 3.73. The smallest absolute Gasteiger partial charge is 0.320 e. The SMILES string of the molecule is N=C(N)NCCC[C@H](NC1O[C@H](CO)[C@@H](O[C@@H]2O[C@H](CO)[C@H](O)[C@H](O)[C@H]2O)[C@H](O)[C@H]1O)C(=O)O. The number of carbonyl (C=O) groups is 1. The van der Waals surface area contributed by atoms with Crippen molar-refractivity contribution in [1.82, 2.24) is 10.6 Å². The molecule has 0 amide bonds. The predicted octanol–water partition coefficient (Wildman–Crippen LogP) is -6.08. The summed E-state index contributed by atoms with van der Waals surface area (Å²) in [7, 11) is 0. The summed E-state index contributed by atoms with van der Waals surface area (Å²) in [5.74, 6) is -1.54. The number of carboxylic acids is 1. The van der Waals surface area contributed by atoms with Crippen LogP contribution in [0, 0.1) is 5.41 Å². The van der Waals surface area contributed by atoms with E-state index >= 15 is 0 Å². The number of nitrogens with one attached hydrogen (secondary N) is 3. The van der Waals surface area contributed by atoms with Gasteiger partial charge in [-0.3, -0.25) is 15.5 Å². The molecule has 2 heterocycles. The molecule has 0 aromatic rings. The fourth-order valence-corrected chi connectivity index (χ4v) is 3.73. The zero-order valence-electron chi connectivity index (χ0n) is 18.2. The van der Waals surface area contributed by atoms with Gasteiger partial charge in [0.15, 0.2) is 12.2 Å². The van der Waals surface area contributed by atoms with Crippen molar-refractivity contribution in [2.45, 2.75) is 80.2 Å². The molecule has 2 rings (SSSR count). The van der Waals surface area contributed by atoms with E-state index < -0.39 is 86.6 Å². The van der Waals surface area contributed by atoms with E-state index in [4.69, 9.17) is 25.4 Å². The summed E-state index contributed by atoms with van der Waals surface area (Å²) in [5.41, 5.74) is 5.16. The summed E-state index contributed by atoms with van der Waals surface area (Å²) in [4.78, 5) is 11.6. The first-order valence-electron chi connectivity index (χ1n) is 10.7. The van der Waals surface area contributed by atoms with Crippen LogP contribution in [0.3, 0.4) is 0 Å². The molecule has 13 N–H and O–H groups in total. The van der Waals surface area contributed by atoms with Gasteiger partial charge in [0.05, 0.1) is 13.2 Å². The second-order valence-corrected chi connectivity index (χ2v) is 8.10. The summed E-state index contributed by atoms with van der Waals surface area (Å²) in [6.45, 7) is -1.23. The van der Waals surface area contributed by atoms with Gasteiger partial charge in [0.1, 0.15) is 61.1 Å². The van der Waals surface area contributed by atoms with Crippen LogP contribution in [0.5, 0.6) is 0 Å². The summed E-state index contributed by atoms with van der Waals surface area (Å²) in [6.07, 6.45) is -15.5. The number of carboxylic acid groups (broad SMARTS) is 1. The lowest BCUT2D eigenvalue weighted by Gasteiger charge is -2.46. The Bertz CT molecular complexity index is 671. The fraction of sp³-hybridized carbons (Fsp3) is 0.889. The van der Waals surface area contributed by atoms with E-state index in [9.17, 15) is 45.6 Å². The summed E-state index contributed by atoms with van der Waals surface area (Å²) in [5, 5.41) is 91.6. The first-order chi connectivity index (χ1) is 16.0. The Kier molecular flexibility index (Phi) is 10.8. The zero-order chi connectivity index (χ0) is 25.6. The summed E-state index contributed by atoms with van der Waals surface area (Å²) < 4.78 is 16.2. The Balaban J connectivity index is 2.05. The van der Waals surface area contributed by atoms with Crippen LogP contribution in [-0.2, 0) is 19.0 Å². The van der Waals surface area contributed by atoms with Crippen LogP contribution < -0.4 is 16.4 Å². The van der Waals surface area contributed by atoms with Gasteiger partial charge in [-0.1, -0.05) is 0 Å². The monoisotopic (exact) mass is 498 g/mol. The molecule has 0 aromatic carbocycles. The van der Waals surface area contributed by atoms with Crippen molar-refractivity contribution in [3.63, 3.8) is 0 Å². The van der Waals surface area contributed by atoms with Crippen LogP contribution >= 0.6 is 0 Å². The Morgan fingerprint density at radius 2 is 1.62 bits per heavy atom. The molecular formula is C18H34N4O12. The molecule has 2 aliphatic rings. The maximum Gasteiger partial charge on any atom is 0.320 e. The number of aliphatic carboxylic acids is 1. The van der Waals surface area contributed by atoms with Crippen molar-refractivity contribution in [1.29, 1.82) is 5.41 Å². The van der Waals surface area contributed by atoms with Gasteiger partial charge in [-0.2, -0.15) is 0 Å². The highest BCUT2D eigenvalue weighted by atomic mass is 16.7. The molecule has 0 bridgehead atoms. The first kappa shape index (κ1) is 28.5. The van der Waals surface area contributed by atoms with E-state index in [0.717, 1.165) is 0 Å². The molecule has 0 spiro atoms. The van der Waals surface area contributed by atoms with Crippen LogP contribution in [0.25, 0.3) is 0 Å². The highest BCUT2D eigenvalue weighted by molar-refractivity contribution is 5.74. The second-order valence-electron chi connectivity index (χ2n) is 8.10. The summed E-state index contributed by atoms with van der Waals surface area (Å²) in [6, 6.07) is -1.22. The number of hydrogen-bond donors (Lipinski definition) is 12. The molecule has 1 unspecified atom stereocenters. The molecule has 0 saturated carbocycles. The molecule has 0 aromatic heterocycles. The first-order valence-corrected chi connectivity index (χ1v) is 10.7. The standard InChI is InChI=1S/C18H34N4O12/c19-18(20)21-3-1-2-6(16(30)31)22-15-12(28)11(27)14(8(5-24)32-15)34-17-13(29)10(26)9(25)7(4-23)33-17/h6-15,17,22-29H,1-5H2,(H,30,31)(H4,19,20,21)/t6-,7+,8+,9-,10-,11+,12+,13+,14+,15?,17-/m0/s1. The van der Waals surface area contributed by atoms with E-state index in [0.29, 0.717) is 6.42 Å². The molecule has 198 valence electrons. The van der Waals surface area contributed by atoms with Gasteiger partial charge in [-0.05, 0) is 12.8 Å². The molecule has 2 saturated heterocycles. The topological polar surface area (TPSA) is 281 Å². The average Bonchev–Trinajstić information content (AvgIpc) is 2.79. The largest absolute Gasteiger partial charge is 0.480 e. The third kappa shape index (κ3) is 6.92. The molecule has 2 fully saturated rings. The minimum atomic E-state index is -1.79. The van der Waals surface area contributed by atoms with E-state index in [1.165, 1.54) is 0 Å². The van der Waals surface area contributed by atoms with Crippen molar-refractivity contribution in [3.05, 3.63) is 0 Å². The van der Waals surface area contributed by atoms with Gasteiger partial charge in [-0.25, -0.2) is 0 Å². The highest BCUT2D eigenvalue weighted by Crippen LogP contribution is 2.28.